The first-order chi connectivity index (χ1) is 27.3. The van der Waals surface area contributed by atoms with Crippen molar-refractivity contribution in [1.82, 2.24) is 9.13 Å². The minimum atomic E-state index is -5.71. The van der Waals surface area contributed by atoms with Gasteiger partial charge in [-0.05, 0) is 109 Å². The highest BCUT2D eigenvalue weighted by atomic mass is 32.1. The Labute approximate surface area is 339 Å². The molecule has 1 aliphatic carbocycles. The van der Waals surface area contributed by atoms with E-state index in [2.05, 4.69) is 0 Å². The molecule has 8 aromatic rings. The average molecular weight is 843 g/mol. The van der Waals surface area contributed by atoms with Crippen molar-refractivity contribution >= 4 is 62.8 Å². The number of carbonyl (C=O) groups is 1. The minimum Gasteiger partial charge on any atom is -0.308 e. The van der Waals surface area contributed by atoms with Crippen molar-refractivity contribution in [1.29, 1.82) is 0 Å². The summed E-state index contributed by atoms with van der Waals surface area (Å²) in [5.74, 6) is -16.1. The van der Waals surface area contributed by atoms with Crippen molar-refractivity contribution < 1.29 is 31.1 Å². The van der Waals surface area contributed by atoms with Gasteiger partial charge in [-0.1, -0.05) is 42.5 Å². The number of thiophene rings is 4. The summed E-state index contributed by atoms with van der Waals surface area (Å²) in [6, 6.07) is 35.9. The van der Waals surface area contributed by atoms with Gasteiger partial charge in [-0.3, -0.25) is 4.79 Å². The van der Waals surface area contributed by atoms with Gasteiger partial charge in [-0.15, -0.1) is 45.3 Å². The van der Waals surface area contributed by atoms with Crippen LogP contribution >= 0.6 is 45.3 Å². The van der Waals surface area contributed by atoms with Crippen LogP contribution in [-0.4, -0.2) is 33.2 Å². The van der Waals surface area contributed by atoms with Gasteiger partial charge in [-0.2, -0.15) is 26.3 Å². The summed E-state index contributed by atoms with van der Waals surface area (Å²) in [6.45, 7) is 2.98. The van der Waals surface area contributed by atoms with Gasteiger partial charge in [-0.25, -0.2) is 0 Å². The van der Waals surface area contributed by atoms with Crippen LogP contribution in [-0.2, 0) is 0 Å². The number of nitrogens with zero attached hydrogens (tertiary/aromatic N) is 2. The number of carbonyl (C=O) groups excluding carboxylic acids is 1. The fourth-order valence-electron chi connectivity index (χ4n) is 7.48. The molecule has 0 saturated heterocycles. The van der Waals surface area contributed by atoms with Gasteiger partial charge >= 0.3 is 17.8 Å². The van der Waals surface area contributed by atoms with Gasteiger partial charge in [0.25, 0.3) is 0 Å². The maximum Gasteiger partial charge on any atom is 0.380 e. The second-order valence-electron chi connectivity index (χ2n) is 13.5. The molecule has 286 valence electrons. The zero-order valence-electron chi connectivity index (χ0n) is 29.9. The van der Waals surface area contributed by atoms with E-state index >= 15 is 26.3 Å². The molecule has 0 unspecified atom stereocenters. The van der Waals surface area contributed by atoms with E-state index in [1.165, 1.54) is 48.7 Å². The maximum absolute atomic E-state index is 16.3. The number of aromatic nitrogens is 2. The molecule has 0 saturated carbocycles. The number of aryl methyl sites for hydroxylation is 2. The van der Waals surface area contributed by atoms with Gasteiger partial charge < -0.3 is 9.13 Å². The molecule has 3 nitrogen and oxygen atoms in total. The lowest BCUT2D eigenvalue weighted by Crippen LogP contribution is -2.48. The third kappa shape index (κ3) is 5.77. The second kappa shape index (κ2) is 13.7. The zero-order valence-corrected chi connectivity index (χ0v) is 33.2. The van der Waals surface area contributed by atoms with E-state index in [4.69, 9.17) is 0 Å². The van der Waals surface area contributed by atoms with E-state index in [0.29, 0.717) is 37.4 Å². The van der Waals surface area contributed by atoms with Gasteiger partial charge in [0.2, 0.25) is 0 Å². The topological polar surface area (TPSA) is 26.9 Å². The lowest BCUT2D eigenvalue weighted by Gasteiger charge is -2.25. The third-order valence-electron chi connectivity index (χ3n) is 10.1. The lowest BCUT2D eigenvalue weighted by atomic mass is 9.95. The van der Waals surface area contributed by atoms with Crippen molar-refractivity contribution in [2.24, 2.45) is 0 Å². The fourth-order valence-corrected chi connectivity index (χ4v) is 11.1. The SMILES string of the molecule is Cc1sc(-c2ccc(-c3cccs3)n2-c2ccccc2)cc1C1=C(c2cc(-c3ccc(-c4ccc(C=O)s4)n3-c3ccccc3)sc2C)C(F)(F)C(F)(F)C1(F)F. The molecule has 6 aromatic heterocycles. The predicted molar refractivity (Wildman–Crippen MR) is 221 cm³/mol. The second-order valence-corrected chi connectivity index (χ2v) is 18.1. The van der Waals surface area contributed by atoms with Gasteiger partial charge in [0.15, 0.2) is 6.29 Å². The largest absolute Gasteiger partial charge is 0.380 e. The van der Waals surface area contributed by atoms with Crippen LogP contribution in [0.2, 0.25) is 0 Å². The number of alkyl halides is 6. The summed E-state index contributed by atoms with van der Waals surface area (Å²) in [7, 11) is 0. The first kappa shape index (κ1) is 37.4. The molecule has 0 atom stereocenters. The van der Waals surface area contributed by atoms with Gasteiger partial charge in [0.05, 0.1) is 47.2 Å². The average Bonchev–Trinajstić information content (AvgIpc) is 4.06. The maximum atomic E-state index is 16.3. The standard InChI is InChI=1S/C44H28F6N2OS4/c1-25-30(22-38(55-25)34-18-16-32(36-14-9-21-54-36)51(34)27-10-5-3-6-11-27)40-41(43(47,48)44(49,50)42(40,45)46)31-23-39(56-26(31)2)35-19-17-33(37-20-15-29(24-53)57-37)52(35)28-12-7-4-8-13-28/h3-24H,1-2H3. The number of halogens is 6. The number of rotatable bonds is 9. The number of benzene rings is 2. The van der Waals surface area contributed by atoms with Crippen LogP contribution < -0.4 is 0 Å². The summed E-state index contributed by atoms with van der Waals surface area (Å²) < 4.78 is 100. The highest BCUT2D eigenvalue weighted by Gasteiger charge is 2.80. The van der Waals surface area contributed by atoms with Crippen molar-refractivity contribution in [2.75, 3.05) is 0 Å². The molecule has 6 heterocycles. The Bertz CT molecular complexity index is 2820. The molecule has 9 rings (SSSR count). The fraction of sp³-hybridized carbons (Fsp3) is 0.114. The highest BCUT2D eigenvalue weighted by Crippen LogP contribution is 2.66. The number of aldehydes is 1. The van der Waals surface area contributed by atoms with Crippen LogP contribution in [0.15, 0.2) is 127 Å². The van der Waals surface area contributed by atoms with Crippen LogP contribution in [0.25, 0.3) is 64.8 Å². The van der Waals surface area contributed by atoms with Crippen LogP contribution in [0, 0.1) is 13.8 Å². The van der Waals surface area contributed by atoms with Crippen LogP contribution in [0.5, 0.6) is 0 Å². The van der Waals surface area contributed by atoms with Gasteiger partial charge in [0.1, 0.15) is 0 Å². The van der Waals surface area contributed by atoms with E-state index in [9.17, 15) is 4.79 Å². The molecule has 0 radical (unpaired) electrons. The summed E-state index contributed by atoms with van der Waals surface area (Å²) >= 11 is 4.93. The van der Waals surface area contributed by atoms with E-state index in [0.717, 1.165) is 50.1 Å². The molecule has 1 aliphatic rings. The molecule has 0 bridgehead atoms. The Morgan fingerprint density at radius 2 is 0.965 bits per heavy atom. The molecule has 0 fully saturated rings. The minimum absolute atomic E-state index is 0.180. The van der Waals surface area contributed by atoms with Crippen molar-refractivity contribution in [3.8, 4) is 53.7 Å². The number of allylic oxidation sites excluding steroid dienone is 2. The lowest BCUT2D eigenvalue weighted by molar-refractivity contribution is -0.254. The van der Waals surface area contributed by atoms with Crippen molar-refractivity contribution in [2.45, 2.75) is 31.6 Å². The molecule has 57 heavy (non-hydrogen) atoms. The monoisotopic (exact) mass is 842 g/mol. The van der Waals surface area contributed by atoms with Crippen LogP contribution in [0.1, 0.15) is 30.6 Å². The molecule has 0 amide bonds. The smallest absolute Gasteiger partial charge is 0.308 e. The first-order valence-corrected chi connectivity index (χ1v) is 20.9. The van der Waals surface area contributed by atoms with Gasteiger partial charge in [0, 0.05) is 32.3 Å². The number of hydrogen-bond donors (Lipinski definition) is 0. The normalized spacial score (nSPS) is 15.8. The van der Waals surface area contributed by atoms with E-state index in [1.54, 1.807) is 18.2 Å². The molecule has 0 aliphatic heterocycles. The van der Waals surface area contributed by atoms with Crippen molar-refractivity contribution in [3.05, 3.63) is 152 Å². The molecular formula is C44H28F6N2OS4. The Hall–Kier alpha value is -5.21. The molecular weight excluding hydrogens is 815 g/mol. The summed E-state index contributed by atoms with van der Waals surface area (Å²) in [6.07, 6.45) is 0.750. The third-order valence-corrected chi connectivity index (χ3v) is 14.2. The Morgan fingerprint density at radius 1 is 0.509 bits per heavy atom. The zero-order chi connectivity index (χ0) is 39.9. The van der Waals surface area contributed by atoms with Crippen LogP contribution in [0.3, 0.4) is 0 Å². The molecule has 13 heteroatoms. The summed E-state index contributed by atoms with van der Waals surface area (Å²) in [4.78, 5) is 15.0. The van der Waals surface area contributed by atoms with Crippen LogP contribution in [0.4, 0.5) is 26.3 Å². The molecule has 2 aromatic carbocycles. The quantitative estimate of drug-likeness (QED) is 0.105. The summed E-state index contributed by atoms with van der Waals surface area (Å²) in [5, 5.41) is 1.94. The van der Waals surface area contributed by atoms with E-state index < -0.39 is 28.9 Å². The highest BCUT2D eigenvalue weighted by molar-refractivity contribution is 7.17. The first-order valence-electron chi connectivity index (χ1n) is 17.6. The number of hydrogen-bond acceptors (Lipinski definition) is 5. The number of para-hydroxylation sites is 2. The van der Waals surface area contributed by atoms with E-state index in [1.807, 2.05) is 106 Å². The molecule has 0 N–H and O–H groups in total. The van der Waals surface area contributed by atoms with E-state index in [-0.39, 0.29) is 20.9 Å². The predicted octanol–water partition coefficient (Wildman–Crippen LogP) is 14.4. The van der Waals surface area contributed by atoms with Crippen molar-refractivity contribution in [3.63, 3.8) is 0 Å². The Kier molecular flexibility index (Phi) is 9.00. The Balaban J connectivity index is 1.23. The Morgan fingerprint density at radius 3 is 1.39 bits per heavy atom. The molecule has 0 spiro atoms. The summed E-state index contributed by atoms with van der Waals surface area (Å²) in [5.41, 5.74) is 0.699.